The molecule has 1 aliphatic rings. The highest BCUT2D eigenvalue weighted by molar-refractivity contribution is 8.00. The van der Waals surface area contributed by atoms with Crippen molar-refractivity contribution in [3.63, 3.8) is 0 Å². The van der Waals surface area contributed by atoms with Gasteiger partial charge in [-0.25, -0.2) is 8.78 Å². The van der Waals surface area contributed by atoms with Gasteiger partial charge in [0.15, 0.2) is 4.34 Å². The number of thioether (sulfide) groups is 1. The van der Waals surface area contributed by atoms with Crippen LogP contribution in [0.1, 0.15) is 43.0 Å². The van der Waals surface area contributed by atoms with Gasteiger partial charge in [-0.1, -0.05) is 67.3 Å². The van der Waals surface area contributed by atoms with Crippen LogP contribution in [0.2, 0.25) is 0 Å². The summed E-state index contributed by atoms with van der Waals surface area (Å²) >= 11 is 2.33. The molecule has 1 unspecified atom stereocenters. The number of ether oxygens (including phenoxy) is 1. The molecule has 1 N–H and O–H groups in total. The molecule has 1 saturated heterocycles. The Kier molecular flexibility index (Phi) is 8.98. The lowest BCUT2D eigenvalue weighted by Gasteiger charge is -2.23. The zero-order chi connectivity index (χ0) is 29.8. The number of nitrogens with zero attached hydrogens (tertiary/aromatic N) is 3. The fourth-order valence-electron chi connectivity index (χ4n) is 4.41. The second kappa shape index (κ2) is 12.8. The van der Waals surface area contributed by atoms with Crippen LogP contribution in [0.3, 0.4) is 0 Å². The molecular weight excluding hydrogens is 580 g/mol. The lowest BCUT2D eigenvalue weighted by molar-refractivity contribution is -0.132. The van der Waals surface area contributed by atoms with Gasteiger partial charge in [-0.15, -0.1) is 10.2 Å². The molecule has 0 bridgehead atoms. The average Bonchev–Trinajstić information content (AvgIpc) is 3.54. The van der Waals surface area contributed by atoms with Crippen molar-refractivity contribution in [2.75, 3.05) is 11.5 Å². The summed E-state index contributed by atoms with van der Waals surface area (Å²) in [6, 6.07) is 17.3. The van der Waals surface area contributed by atoms with E-state index < -0.39 is 29.3 Å². The normalized spacial score (nSPS) is 16.4. The average molecular weight is 608 g/mol. The molecule has 2 heterocycles. The smallest absolute Gasteiger partial charge is 0.301 e. The number of hydrogen-bond acceptors (Lipinski definition) is 8. The van der Waals surface area contributed by atoms with Crippen molar-refractivity contribution in [3.05, 3.63) is 107 Å². The van der Waals surface area contributed by atoms with Crippen LogP contribution >= 0.6 is 23.1 Å². The van der Waals surface area contributed by atoms with Gasteiger partial charge in [0.2, 0.25) is 5.13 Å². The number of carbonyl (C=O) groups is 2. The number of halogens is 2. The summed E-state index contributed by atoms with van der Waals surface area (Å²) in [4.78, 5) is 28.1. The second-order valence-electron chi connectivity index (χ2n) is 10.0. The molecule has 4 aromatic rings. The van der Waals surface area contributed by atoms with E-state index in [9.17, 15) is 23.5 Å². The highest BCUT2D eigenvalue weighted by Gasteiger charge is 2.48. The number of anilines is 1. The third-order valence-electron chi connectivity index (χ3n) is 6.61. The number of carbonyl (C=O) groups excluding carboxylic acids is 2. The minimum atomic E-state index is -1.05. The van der Waals surface area contributed by atoms with Crippen molar-refractivity contribution in [1.82, 2.24) is 10.2 Å². The molecule has 0 spiro atoms. The highest BCUT2D eigenvalue weighted by Crippen LogP contribution is 2.44. The van der Waals surface area contributed by atoms with Crippen molar-refractivity contribution < 1.29 is 28.2 Å². The summed E-state index contributed by atoms with van der Waals surface area (Å²) in [6.45, 7) is 4.66. The molecule has 216 valence electrons. The zero-order valence-corrected chi connectivity index (χ0v) is 24.4. The first kappa shape index (κ1) is 29.4. The summed E-state index contributed by atoms with van der Waals surface area (Å²) in [5, 5.41) is 19.8. The lowest BCUT2D eigenvalue weighted by atomic mass is 9.95. The SMILES string of the molecule is CC(C)CCOc1cccc(C2/C(=C(\O)c3ccc(F)cc3)C(=O)C(=O)N2c2nnc(SCc3ccccc3F)s2)c1. The summed E-state index contributed by atoms with van der Waals surface area (Å²) in [7, 11) is 0. The fraction of sp³-hybridized carbons (Fsp3) is 0.226. The Hall–Kier alpha value is -4.09. The Balaban J connectivity index is 1.53. The number of aromatic nitrogens is 2. The van der Waals surface area contributed by atoms with Gasteiger partial charge in [-0.3, -0.25) is 14.5 Å². The number of aliphatic hydroxyl groups excluding tert-OH is 1. The summed E-state index contributed by atoms with van der Waals surface area (Å²) in [6.07, 6.45) is 0.839. The largest absolute Gasteiger partial charge is 0.507 e. The zero-order valence-electron chi connectivity index (χ0n) is 22.8. The first-order valence-electron chi connectivity index (χ1n) is 13.2. The van der Waals surface area contributed by atoms with Gasteiger partial charge < -0.3 is 9.84 Å². The number of ketones is 1. The van der Waals surface area contributed by atoms with Gasteiger partial charge in [0.25, 0.3) is 5.78 Å². The standard InChI is InChI=1S/C31H27F2N3O4S2/c1-18(2)14-15-40-23-8-5-7-20(16-23)26-25(27(37)19-10-12-22(32)13-11-19)28(38)29(39)36(26)30-34-35-31(42-30)41-17-21-6-3-4-9-24(21)33/h3-13,16,18,26,37H,14-15,17H2,1-2H3/b27-25+. The Morgan fingerprint density at radius 3 is 2.55 bits per heavy atom. The number of amides is 1. The van der Waals surface area contributed by atoms with Crippen LogP contribution in [0.15, 0.2) is 82.7 Å². The quantitative estimate of drug-likeness (QED) is 0.0672. The first-order chi connectivity index (χ1) is 20.2. The lowest BCUT2D eigenvalue weighted by Crippen LogP contribution is -2.29. The van der Waals surface area contributed by atoms with E-state index in [4.69, 9.17) is 4.74 Å². The van der Waals surface area contributed by atoms with Crippen LogP contribution < -0.4 is 9.64 Å². The Morgan fingerprint density at radius 2 is 1.81 bits per heavy atom. The van der Waals surface area contributed by atoms with E-state index in [2.05, 4.69) is 24.0 Å². The van der Waals surface area contributed by atoms with Gasteiger partial charge in [-0.05, 0) is 65.9 Å². The van der Waals surface area contributed by atoms with Gasteiger partial charge in [0.05, 0.1) is 18.2 Å². The minimum absolute atomic E-state index is 0.141. The molecule has 1 atom stereocenters. The molecule has 42 heavy (non-hydrogen) atoms. The van der Waals surface area contributed by atoms with E-state index in [0.29, 0.717) is 39.5 Å². The number of aliphatic hydroxyl groups is 1. The van der Waals surface area contributed by atoms with Gasteiger partial charge in [0.1, 0.15) is 23.1 Å². The third kappa shape index (κ3) is 6.37. The molecule has 3 aromatic carbocycles. The first-order valence-corrected chi connectivity index (χ1v) is 15.0. The predicted molar refractivity (Wildman–Crippen MR) is 158 cm³/mol. The molecule has 11 heteroatoms. The second-order valence-corrected chi connectivity index (χ2v) is 12.2. The van der Waals surface area contributed by atoms with Crippen LogP contribution in [0.5, 0.6) is 5.75 Å². The van der Waals surface area contributed by atoms with Crippen molar-refractivity contribution in [2.45, 2.75) is 36.4 Å². The van der Waals surface area contributed by atoms with Gasteiger partial charge in [0, 0.05) is 11.3 Å². The minimum Gasteiger partial charge on any atom is -0.507 e. The summed E-state index contributed by atoms with van der Waals surface area (Å²) in [5.74, 6) is -1.81. The van der Waals surface area contributed by atoms with Crippen molar-refractivity contribution in [1.29, 1.82) is 0 Å². The molecular formula is C31H27F2N3O4S2. The Labute approximate surface area is 249 Å². The molecule has 0 saturated carbocycles. The van der Waals surface area contributed by atoms with Crippen LogP contribution in [-0.2, 0) is 15.3 Å². The molecule has 5 rings (SSSR count). The number of Topliss-reactive ketones (excluding diaryl/α,β-unsaturated/α-hetero) is 1. The number of rotatable bonds is 10. The van der Waals surface area contributed by atoms with Crippen LogP contribution in [0.4, 0.5) is 13.9 Å². The third-order valence-corrected chi connectivity index (χ3v) is 8.72. The maximum Gasteiger partial charge on any atom is 0.301 e. The Morgan fingerprint density at radius 1 is 1.05 bits per heavy atom. The molecule has 0 aliphatic carbocycles. The molecule has 7 nitrogen and oxygen atoms in total. The Bertz CT molecular complexity index is 1640. The molecule has 1 aromatic heterocycles. The van der Waals surface area contributed by atoms with E-state index in [1.165, 1.54) is 34.9 Å². The molecule has 1 aliphatic heterocycles. The van der Waals surface area contributed by atoms with E-state index in [0.717, 1.165) is 29.9 Å². The molecule has 1 fully saturated rings. The number of benzene rings is 3. The summed E-state index contributed by atoms with van der Waals surface area (Å²) in [5.41, 5.74) is 1.02. The van der Waals surface area contributed by atoms with Gasteiger partial charge >= 0.3 is 5.91 Å². The summed E-state index contributed by atoms with van der Waals surface area (Å²) < 4.78 is 34.1. The van der Waals surface area contributed by atoms with Gasteiger partial charge in [-0.2, -0.15) is 0 Å². The van der Waals surface area contributed by atoms with E-state index >= 15 is 0 Å². The maximum atomic E-state index is 14.1. The van der Waals surface area contributed by atoms with Crippen molar-refractivity contribution in [2.24, 2.45) is 5.92 Å². The van der Waals surface area contributed by atoms with E-state index in [-0.39, 0.29) is 22.1 Å². The monoisotopic (exact) mass is 607 g/mol. The fourth-order valence-corrected chi connectivity index (χ4v) is 6.26. The van der Waals surface area contributed by atoms with Crippen molar-refractivity contribution in [3.8, 4) is 5.75 Å². The predicted octanol–water partition coefficient (Wildman–Crippen LogP) is 7.16. The van der Waals surface area contributed by atoms with Crippen LogP contribution in [-0.4, -0.2) is 33.6 Å². The van der Waals surface area contributed by atoms with Crippen LogP contribution in [0, 0.1) is 17.6 Å². The molecule has 0 radical (unpaired) electrons. The van der Waals surface area contributed by atoms with E-state index in [1.54, 1.807) is 42.5 Å². The maximum absolute atomic E-state index is 14.1. The van der Waals surface area contributed by atoms with Crippen LogP contribution in [0.25, 0.3) is 5.76 Å². The topological polar surface area (TPSA) is 92.6 Å². The molecule has 1 amide bonds. The van der Waals surface area contributed by atoms with E-state index in [1.807, 2.05) is 0 Å². The number of hydrogen-bond donors (Lipinski definition) is 1. The highest BCUT2D eigenvalue weighted by atomic mass is 32.2. The van der Waals surface area contributed by atoms with Crippen molar-refractivity contribution >= 4 is 45.7 Å².